The second kappa shape index (κ2) is 6.91. The Bertz CT molecular complexity index is 580. The van der Waals surface area contributed by atoms with Crippen molar-refractivity contribution in [3.05, 3.63) is 24.3 Å². The summed E-state index contributed by atoms with van der Waals surface area (Å²) in [7, 11) is -3.44. The Morgan fingerprint density at radius 3 is 2.48 bits per heavy atom. The highest BCUT2D eigenvalue weighted by Gasteiger charge is 2.22. The Hall–Kier alpha value is -1.60. The minimum absolute atomic E-state index is 0.0428. The summed E-state index contributed by atoms with van der Waals surface area (Å²) in [6, 6.07) is 6.71. The number of hydrogen-bond donors (Lipinski definition) is 3. The summed E-state index contributed by atoms with van der Waals surface area (Å²) >= 11 is 0. The second-order valence-corrected chi connectivity index (χ2v) is 6.88. The van der Waals surface area contributed by atoms with Crippen LogP contribution in [-0.2, 0) is 14.8 Å². The van der Waals surface area contributed by atoms with Gasteiger partial charge >= 0.3 is 0 Å². The summed E-state index contributed by atoms with van der Waals surface area (Å²) in [6.07, 6.45) is 2.86. The van der Waals surface area contributed by atoms with Crippen molar-refractivity contribution in [3.8, 4) is 0 Å². The van der Waals surface area contributed by atoms with Gasteiger partial charge in [0, 0.05) is 18.3 Å². The van der Waals surface area contributed by atoms with Crippen LogP contribution in [0, 0.1) is 0 Å². The van der Waals surface area contributed by atoms with Gasteiger partial charge in [-0.15, -0.1) is 0 Å². The molecule has 6 nitrogen and oxygen atoms in total. The van der Waals surface area contributed by atoms with E-state index in [1.807, 2.05) is 6.92 Å². The number of hydrogen-bond acceptors (Lipinski definition) is 4. The molecule has 0 saturated heterocycles. The van der Waals surface area contributed by atoms with Gasteiger partial charge in [-0.05, 0) is 43.5 Å². The second-order valence-electron chi connectivity index (χ2n) is 5.12. The van der Waals surface area contributed by atoms with E-state index in [0.29, 0.717) is 12.6 Å². The number of amides is 1. The molecule has 1 fully saturated rings. The lowest BCUT2D eigenvalue weighted by molar-refractivity contribution is -0.119. The molecule has 3 N–H and O–H groups in total. The van der Waals surface area contributed by atoms with Crippen molar-refractivity contribution in [2.75, 3.05) is 18.4 Å². The van der Waals surface area contributed by atoms with Crippen LogP contribution < -0.4 is 15.4 Å². The number of carbonyl (C=O) groups is 1. The highest BCUT2D eigenvalue weighted by molar-refractivity contribution is 7.89. The summed E-state index contributed by atoms with van der Waals surface area (Å²) in [6.45, 7) is 2.52. The van der Waals surface area contributed by atoms with Gasteiger partial charge in [0.1, 0.15) is 0 Å². The third kappa shape index (κ3) is 5.02. The van der Waals surface area contributed by atoms with Crippen LogP contribution in [0.1, 0.15) is 26.2 Å². The maximum absolute atomic E-state index is 11.9. The highest BCUT2D eigenvalue weighted by Crippen LogP contribution is 2.18. The molecule has 1 aromatic rings. The maximum Gasteiger partial charge on any atom is 0.240 e. The minimum atomic E-state index is -3.44. The molecule has 1 aromatic carbocycles. The molecule has 21 heavy (non-hydrogen) atoms. The van der Waals surface area contributed by atoms with Gasteiger partial charge in [0.25, 0.3) is 0 Å². The van der Waals surface area contributed by atoms with Gasteiger partial charge in [-0.2, -0.15) is 0 Å². The van der Waals surface area contributed by atoms with Crippen molar-refractivity contribution in [3.63, 3.8) is 0 Å². The largest absolute Gasteiger partial charge is 0.376 e. The van der Waals surface area contributed by atoms with E-state index in [-0.39, 0.29) is 17.3 Å². The topological polar surface area (TPSA) is 87.3 Å². The van der Waals surface area contributed by atoms with Gasteiger partial charge in [0.2, 0.25) is 15.9 Å². The number of rotatable bonds is 8. The third-order valence-electron chi connectivity index (χ3n) is 3.10. The first kappa shape index (κ1) is 15.8. The Balaban J connectivity index is 1.87. The molecule has 116 valence electrons. The molecule has 0 radical (unpaired) electrons. The lowest BCUT2D eigenvalue weighted by Crippen LogP contribution is -2.31. The normalized spacial score (nSPS) is 14.7. The average molecular weight is 311 g/mol. The molecule has 0 aliphatic heterocycles. The standard InChI is InChI=1S/C14H21N3O3S/c1-2-9-16-21(19,20)13-7-5-11(6-8-13)15-10-14(18)17-12-3-4-12/h5-8,12,15-16H,2-4,9-10H2,1H3,(H,17,18). The molecule has 0 aromatic heterocycles. The predicted molar refractivity (Wildman–Crippen MR) is 81.6 cm³/mol. The van der Waals surface area contributed by atoms with Crippen LogP contribution in [0.5, 0.6) is 0 Å². The smallest absolute Gasteiger partial charge is 0.240 e. The lowest BCUT2D eigenvalue weighted by atomic mass is 10.3. The molecule has 0 bridgehead atoms. The summed E-state index contributed by atoms with van der Waals surface area (Å²) in [5.74, 6) is -0.0428. The molecule has 1 aliphatic carbocycles. The van der Waals surface area contributed by atoms with Crippen LogP contribution in [0.4, 0.5) is 5.69 Å². The van der Waals surface area contributed by atoms with Gasteiger partial charge in [-0.1, -0.05) is 6.92 Å². The number of carbonyl (C=O) groups excluding carboxylic acids is 1. The molecular formula is C14H21N3O3S. The van der Waals surface area contributed by atoms with E-state index in [4.69, 9.17) is 0 Å². The number of nitrogens with one attached hydrogen (secondary N) is 3. The van der Waals surface area contributed by atoms with Crippen LogP contribution in [0.3, 0.4) is 0 Å². The summed E-state index contributed by atoms with van der Waals surface area (Å²) < 4.78 is 26.3. The molecule has 7 heteroatoms. The van der Waals surface area contributed by atoms with Crippen molar-refractivity contribution >= 4 is 21.6 Å². The zero-order valence-electron chi connectivity index (χ0n) is 12.1. The Kier molecular flexibility index (Phi) is 5.19. The molecule has 1 saturated carbocycles. The third-order valence-corrected chi connectivity index (χ3v) is 4.58. The van der Waals surface area contributed by atoms with E-state index in [0.717, 1.165) is 24.9 Å². The molecule has 0 unspecified atom stereocenters. The van der Waals surface area contributed by atoms with Crippen molar-refractivity contribution in [1.29, 1.82) is 0 Å². The first-order chi connectivity index (χ1) is 10.0. The van der Waals surface area contributed by atoms with Gasteiger partial charge < -0.3 is 10.6 Å². The summed E-state index contributed by atoms with van der Waals surface area (Å²) in [5, 5.41) is 5.85. The average Bonchev–Trinajstić information content (AvgIpc) is 3.27. The van der Waals surface area contributed by atoms with Crippen LogP contribution in [0.2, 0.25) is 0 Å². The Morgan fingerprint density at radius 2 is 1.90 bits per heavy atom. The van der Waals surface area contributed by atoms with E-state index in [1.54, 1.807) is 12.1 Å². The van der Waals surface area contributed by atoms with E-state index < -0.39 is 10.0 Å². The summed E-state index contributed by atoms with van der Waals surface area (Å²) in [5.41, 5.74) is 0.718. The molecule has 0 spiro atoms. The van der Waals surface area contributed by atoms with Crippen molar-refractivity contribution in [2.45, 2.75) is 37.1 Å². The minimum Gasteiger partial charge on any atom is -0.376 e. The molecular weight excluding hydrogens is 290 g/mol. The Morgan fingerprint density at radius 1 is 1.24 bits per heavy atom. The first-order valence-corrected chi connectivity index (χ1v) is 8.62. The predicted octanol–water partition coefficient (Wildman–Crippen LogP) is 1.07. The quantitative estimate of drug-likeness (QED) is 0.670. The fourth-order valence-corrected chi connectivity index (χ4v) is 2.89. The van der Waals surface area contributed by atoms with Crippen molar-refractivity contribution in [1.82, 2.24) is 10.0 Å². The van der Waals surface area contributed by atoms with Gasteiger partial charge in [0.05, 0.1) is 11.4 Å². The monoisotopic (exact) mass is 311 g/mol. The van der Waals surface area contributed by atoms with E-state index in [9.17, 15) is 13.2 Å². The molecule has 1 aliphatic rings. The van der Waals surface area contributed by atoms with Crippen LogP contribution >= 0.6 is 0 Å². The van der Waals surface area contributed by atoms with Gasteiger partial charge in [-0.25, -0.2) is 13.1 Å². The maximum atomic E-state index is 11.9. The zero-order chi connectivity index (χ0) is 15.3. The van der Waals surface area contributed by atoms with E-state index in [2.05, 4.69) is 15.4 Å². The zero-order valence-corrected chi connectivity index (χ0v) is 12.9. The van der Waals surface area contributed by atoms with Crippen molar-refractivity contribution in [2.24, 2.45) is 0 Å². The van der Waals surface area contributed by atoms with E-state index >= 15 is 0 Å². The van der Waals surface area contributed by atoms with Crippen molar-refractivity contribution < 1.29 is 13.2 Å². The summed E-state index contributed by atoms with van der Waals surface area (Å²) in [4.78, 5) is 11.8. The number of anilines is 1. The fourth-order valence-electron chi connectivity index (χ4n) is 1.76. The molecule has 0 heterocycles. The molecule has 0 atom stereocenters. The first-order valence-electron chi connectivity index (χ1n) is 7.14. The highest BCUT2D eigenvalue weighted by atomic mass is 32.2. The lowest BCUT2D eigenvalue weighted by Gasteiger charge is -2.09. The SMILES string of the molecule is CCCNS(=O)(=O)c1ccc(NCC(=O)NC2CC2)cc1. The fraction of sp³-hybridized carbons (Fsp3) is 0.500. The van der Waals surface area contributed by atoms with Gasteiger partial charge in [-0.3, -0.25) is 4.79 Å². The van der Waals surface area contributed by atoms with E-state index in [1.165, 1.54) is 12.1 Å². The van der Waals surface area contributed by atoms with Crippen LogP contribution in [-0.4, -0.2) is 33.5 Å². The Labute approximate surface area is 125 Å². The number of benzene rings is 1. The van der Waals surface area contributed by atoms with Crippen LogP contribution in [0.25, 0.3) is 0 Å². The number of sulfonamides is 1. The molecule has 2 rings (SSSR count). The molecule has 1 amide bonds. The van der Waals surface area contributed by atoms with Gasteiger partial charge in [0.15, 0.2) is 0 Å². The van der Waals surface area contributed by atoms with Crippen LogP contribution in [0.15, 0.2) is 29.2 Å².